The van der Waals surface area contributed by atoms with E-state index in [1.807, 2.05) is 12.1 Å². The highest BCUT2D eigenvalue weighted by atomic mass is 16.3. The molecule has 1 radical (unpaired) electrons. The Morgan fingerprint density at radius 3 is 2.90 bits per heavy atom. The van der Waals surface area contributed by atoms with Crippen molar-refractivity contribution in [1.29, 1.82) is 0 Å². The third-order valence-electron chi connectivity index (χ3n) is 1.45. The van der Waals surface area contributed by atoms with Crippen LogP contribution in [-0.2, 0) is 0 Å². The molecule has 2 aliphatic rings. The lowest BCUT2D eigenvalue weighted by Crippen LogP contribution is -1.74. The predicted molar refractivity (Wildman–Crippen MR) is 38.6 cm³/mol. The lowest BCUT2D eigenvalue weighted by Gasteiger charge is -1.90. The first-order valence-electron chi connectivity index (χ1n) is 3.00. The number of nitrogen functional groups attached to an aromatic ring is 1. The van der Waals surface area contributed by atoms with Crippen LogP contribution in [0.1, 0.15) is 0 Å². The second-order valence-corrected chi connectivity index (χ2v) is 2.20. The monoisotopic (exact) mass is 132 g/mol. The van der Waals surface area contributed by atoms with Gasteiger partial charge >= 0.3 is 0 Å². The second-order valence-electron chi connectivity index (χ2n) is 2.20. The van der Waals surface area contributed by atoms with Crippen molar-refractivity contribution in [2.24, 2.45) is 0 Å². The molecule has 2 heteroatoms. The number of rotatable bonds is 0. The Hall–Kier alpha value is -1.44. The molecule has 0 amide bonds. The van der Waals surface area contributed by atoms with E-state index in [4.69, 9.17) is 10.2 Å². The smallest absolute Gasteiger partial charge is 0.169 e. The Kier molecular flexibility index (Phi) is 0.947. The van der Waals surface area contributed by atoms with Gasteiger partial charge in [0.15, 0.2) is 6.26 Å². The minimum Gasteiger partial charge on any atom is -0.460 e. The van der Waals surface area contributed by atoms with Gasteiger partial charge in [-0.15, -0.1) is 0 Å². The molecule has 2 N–H and O–H groups in total. The number of hydrogen-bond acceptors (Lipinski definition) is 2. The zero-order valence-corrected chi connectivity index (χ0v) is 5.29. The van der Waals surface area contributed by atoms with Crippen molar-refractivity contribution in [3.63, 3.8) is 0 Å². The van der Waals surface area contributed by atoms with E-state index in [2.05, 4.69) is 6.26 Å². The molecule has 49 valence electrons. The quantitative estimate of drug-likeness (QED) is 0.593. The summed E-state index contributed by atoms with van der Waals surface area (Å²) in [5.41, 5.74) is 8.40. The van der Waals surface area contributed by atoms with Gasteiger partial charge in [-0.05, 0) is 23.8 Å². The van der Waals surface area contributed by atoms with Gasteiger partial charge in [0.05, 0.1) is 6.26 Å². The standard InChI is InChI=1S/C8H6NO/c9-8-3-6-1-2-10-5-7(6)4-8/h1,3-5H,9H2. The lowest BCUT2D eigenvalue weighted by molar-refractivity contribution is 0.542. The first-order valence-corrected chi connectivity index (χ1v) is 3.00. The zero-order valence-electron chi connectivity index (χ0n) is 5.29. The van der Waals surface area contributed by atoms with Gasteiger partial charge in [-0.2, -0.15) is 0 Å². The van der Waals surface area contributed by atoms with E-state index in [1.54, 1.807) is 12.3 Å². The van der Waals surface area contributed by atoms with Crippen LogP contribution in [0, 0.1) is 6.26 Å². The summed E-state index contributed by atoms with van der Waals surface area (Å²) in [6.45, 7) is 0. The van der Waals surface area contributed by atoms with Gasteiger partial charge in [0, 0.05) is 11.3 Å². The Morgan fingerprint density at radius 2 is 2.10 bits per heavy atom. The average Bonchev–Trinajstić information content (AvgIpc) is 2.27. The van der Waals surface area contributed by atoms with Crippen molar-refractivity contribution in [3.05, 3.63) is 30.7 Å². The van der Waals surface area contributed by atoms with E-state index in [0.717, 1.165) is 16.8 Å². The molecule has 10 heavy (non-hydrogen) atoms. The molecular weight excluding hydrogens is 126 g/mol. The van der Waals surface area contributed by atoms with E-state index in [-0.39, 0.29) is 0 Å². The van der Waals surface area contributed by atoms with Crippen LogP contribution in [0.25, 0.3) is 11.1 Å². The van der Waals surface area contributed by atoms with Gasteiger partial charge in [0.1, 0.15) is 0 Å². The van der Waals surface area contributed by atoms with Crippen LogP contribution < -0.4 is 5.73 Å². The van der Waals surface area contributed by atoms with Gasteiger partial charge in [-0.1, -0.05) is 0 Å². The molecular formula is C8H6NO. The molecule has 0 saturated heterocycles. The fourth-order valence-electron chi connectivity index (χ4n) is 0.990. The van der Waals surface area contributed by atoms with E-state index < -0.39 is 0 Å². The molecule has 2 rings (SSSR count). The van der Waals surface area contributed by atoms with Gasteiger partial charge in [-0.3, -0.25) is 0 Å². The third-order valence-corrected chi connectivity index (χ3v) is 1.45. The molecule has 0 fully saturated rings. The van der Waals surface area contributed by atoms with Crippen LogP contribution in [0.3, 0.4) is 0 Å². The van der Waals surface area contributed by atoms with Crippen LogP contribution in [-0.4, -0.2) is 0 Å². The Balaban J connectivity index is 2.76. The highest BCUT2D eigenvalue weighted by Crippen LogP contribution is 2.26. The maximum atomic E-state index is 5.54. The molecule has 1 heterocycles. The molecule has 0 aromatic carbocycles. The summed E-state index contributed by atoms with van der Waals surface area (Å²) in [6.07, 6.45) is 4.25. The molecule has 1 aliphatic heterocycles. The molecule has 0 spiro atoms. The summed E-state index contributed by atoms with van der Waals surface area (Å²) in [5, 5.41) is 0. The van der Waals surface area contributed by atoms with Gasteiger partial charge in [0.25, 0.3) is 0 Å². The number of fused-ring (bicyclic) bond motifs is 1. The van der Waals surface area contributed by atoms with Crippen LogP contribution >= 0.6 is 0 Å². The van der Waals surface area contributed by atoms with Crippen molar-refractivity contribution in [3.8, 4) is 11.1 Å². The minimum atomic E-state index is 0.768. The fraction of sp³-hybridized carbons (Fsp3) is 0. The topological polar surface area (TPSA) is 39.2 Å². The minimum absolute atomic E-state index is 0.768. The summed E-state index contributed by atoms with van der Waals surface area (Å²) in [7, 11) is 0. The molecule has 0 atom stereocenters. The van der Waals surface area contributed by atoms with Crippen molar-refractivity contribution in [1.82, 2.24) is 0 Å². The maximum absolute atomic E-state index is 5.54. The summed E-state index contributed by atoms with van der Waals surface area (Å²) in [4.78, 5) is 0. The Bertz CT molecular complexity index is 283. The summed E-state index contributed by atoms with van der Waals surface area (Å²) in [6, 6.07) is 5.53. The fourth-order valence-corrected chi connectivity index (χ4v) is 0.990. The first-order chi connectivity index (χ1) is 4.86. The van der Waals surface area contributed by atoms with Crippen LogP contribution in [0.5, 0.6) is 0 Å². The zero-order chi connectivity index (χ0) is 6.97. The van der Waals surface area contributed by atoms with Crippen LogP contribution in [0.2, 0.25) is 0 Å². The van der Waals surface area contributed by atoms with Crippen molar-refractivity contribution in [2.75, 3.05) is 5.73 Å². The van der Waals surface area contributed by atoms with Crippen molar-refractivity contribution >= 4 is 5.69 Å². The number of nitrogens with two attached hydrogens (primary N) is 1. The molecule has 0 bridgehead atoms. The average molecular weight is 132 g/mol. The Labute approximate surface area is 58.6 Å². The van der Waals surface area contributed by atoms with Crippen LogP contribution in [0.15, 0.2) is 28.9 Å². The first kappa shape index (κ1) is 5.35. The molecule has 1 aliphatic carbocycles. The SMILES string of the molecule is Nc1cc2c[c]occ-2c1. The number of anilines is 1. The second kappa shape index (κ2) is 1.77. The molecule has 0 unspecified atom stereocenters. The molecule has 0 aromatic rings. The van der Waals surface area contributed by atoms with E-state index in [1.165, 1.54) is 0 Å². The van der Waals surface area contributed by atoms with E-state index in [9.17, 15) is 0 Å². The molecule has 0 aromatic heterocycles. The Morgan fingerprint density at radius 1 is 1.30 bits per heavy atom. The summed E-state index contributed by atoms with van der Waals surface area (Å²) in [5.74, 6) is 0. The van der Waals surface area contributed by atoms with Gasteiger partial charge in [-0.25, -0.2) is 0 Å². The number of hydrogen-bond donors (Lipinski definition) is 1. The van der Waals surface area contributed by atoms with Gasteiger partial charge in [0.2, 0.25) is 0 Å². The predicted octanol–water partition coefficient (Wildman–Crippen LogP) is 1.77. The summed E-state index contributed by atoms with van der Waals surface area (Å²) >= 11 is 0. The highest BCUT2D eigenvalue weighted by molar-refractivity contribution is 5.72. The maximum Gasteiger partial charge on any atom is 0.169 e. The highest BCUT2D eigenvalue weighted by Gasteiger charge is 2.02. The largest absolute Gasteiger partial charge is 0.460 e. The summed E-state index contributed by atoms with van der Waals surface area (Å²) < 4.78 is 4.82. The molecule has 2 nitrogen and oxygen atoms in total. The lowest BCUT2D eigenvalue weighted by atomic mass is 10.2. The van der Waals surface area contributed by atoms with E-state index >= 15 is 0 Å². The third kappa shape index (κ3) is 0.658. The van der Waals surface area contributed by atoms with E-state index in [0.29, 0.717) is 0 Å². The van der Waals surface area contributed by atoms with Crippen LogP contribution in [0.4, 0.5) is 5.69 Å². The van der Waals surface area contributed by atoms with Crippen molar-refractivity contribution in [2.45, 2.75) is 0 Å². The van der Waals surface area contributed by atoms with Crippen molar-refractivity contribution < 1.29 is 4.42 Å². The normalized spacial score (nSPS) is 10.4. The van der Waals surface area contributed by atoms with Gasteiger partial charge < -0.3 is 10.2 Å². The molecule has 0 saturated carbocycles.